The van der Waals surface area contributed by atoms with E-state index in [1.165, 1.54) is 12.5 Å². The Kier molecular flexibility index (Phi) is 3.68. The van der Waals surface area contributed by atoms with E-state index in [0.29, 0.717) is 12.8 Å². The van der Waals surface area contributed by atoms with Gasteiger partial charge in [-0.3, -0.25) is 0 Å². The van der Waals surface area contributed by atoms with Crippen molar-refractivity contribution >= 4 is 10.0 Å². The van der Waals surface area contributed by atoms with Gasteiger partial charge < -0.3 is 4.98 Å². The van der Waals surface area contributed by atoms with Gasteiger partial charge in [-0.2, -0.15) is 9.98 Å². The lowest BCUT2D eigenvalue weighted by Crippen LogP contribution is -2.46. The van der Waals surface area contributed by atoms with Crippen LogP contribution < -0.4 is 4.72 Å². The number of rotatable bonds is 3. The van der Waals surface area contributed by atoms with Gasteiger partial charge in [0.05, 0.1) is 18.6 Å². The highest BCUT2D eigenvalue weighted by molar-refractivity contribution is 7.89. The number of aromatic nitrogens is 2. The molecule has 6 nitrogen and oxygen atoms in total. The zero-order valence-electron chi connectivity index (χ0n) is 10.0. The molecule has 0 radical (unpaired) electrons. The molecule has 0 aromatic carbocycles. The standard InChI is InChI=1S/C11H16N4O2S/c12-8-11(5-3-1-2-4-6-11)15-18(16,17)10-7-13-9-14-10/h7,9,15H,1-6H2,(H,13,14). The van der Waals surface area contributed by atoms with E-state index in [4.69, 9.17) is 0 Å². The van der Waals surface area contributed by atoms with Crippen LogP contribution in [0.4, 0.5) is 0 Å². The number of hydrogen-bond acceptors (Lipinski definition) is 4. The van der Waals surface area contributed by atoms with Crippen molar-refractivity contribution in [3.63, 3.8) is 0 Å². The van der Waals surface area contributed by atoms with Crippen LogP contribution in [0.3, 0.4) is 0 Å². The Labute approximate surface area is 106 Å². The normalized spacial score (nSPS) is 19.9. The summed E-state index contributed by atoms with van der Waals surface area (Å²) in [6.07, 6.45) is 7.53. The van der Waals surface area contributed by atoms with Crippen molar-refractivity contribution in [3.8, 4) is 6.07 Å². The van der Waals surface area contributed by atoms with Crippen LogP contribution in [0.5, 0.6) is 0 Å². The maximum Gasteiger partial charge on any atom is 0.258 e. The van der Waals surface area contributed by atoms with Gasteiger partial charge >= 0.3 is 0 Å². The average molecular weight is 268 g/mol. The predicted molar refractivity (Wildman–Crippen MR) is 65.0 cm³/mol. The van der Waals surface area contributed by atoms with E-state index in [2.05, 4.69) is 20.8 Å². The van der Waals surface area contributed by atoms with Crippen molar-refractivity contribution < 1.29 is 8.42 Å². The second kappa shape index (κ2) is 5.08. The molecule has 7 heteroatoms. The zero-order chi connectivity index (χ0) is 13.1. The van der Waals surface area contributed by atoms with Crippen molar-refractivity contribution in [2.24, 2.45) is 0 Å². The van der Waals surface area contributed by atoms with E-state index >= 15 is 0 Å². The number of hydrogen-bond donors (Lipinski definition) is 2. The van der Waals surface area contributed by atoms with E-state index in [1.807, 2.05) is 0 Å². The highest BCUT2D eigenvalue weighted by Gasteiger charge is 2.36. The molecule has 1 saturated carbocycles. The summed E-state index contributed by atoms with van der Waals surface area (Å²) in [5.41, 5.74) is -0.972. The van der Waals surface area contributed by atoms with Gasteiger partial charge in [0.1, 0.15) is 5.54 Å². The number of nitrogens with one attached hydrogen (secondary N) is 2. The molecule has 0 spiro atoms. The highest BCUT2D eigenvalue weighted by Crippen LogP contribution is 2.28. The molecule has 0 saturated heterocycles. The molecular weight excluding hydrogens is 252 g/mol. The first kappa shape index (κ1) is 13.1. The molecule has 0 unspecified atom stereocenters. The Morgan fingerprint density at radius 1 is 1.33 bits per heavy atom. The molecule has 1 aliphatic rings. The minimum Gasteiger partial charge on any atom is -0.335 e. The molecular formula is C11H16N4O2S. The fourth-order valence-electron chi connectivity index (χ4n) is 2.27. The lowest BCUT2D eigenvalue weighted by Gasteiger charge is -2.25. The van der Waals surface area contributed by atoms with Crippen LogP contribution in [0.15, 0.2) is 17.6 Å². The van der Waals surface area contributed by atoms with Gasteiger partial charge in [-0.1, -0.05) is 25.7 Å². The maximum atomic E-state index is 12.1. The van der Waals surface area contributed by atoms with E-state index in [-0.39, 0.29) is 5.03 Å². The van der Waals surface area contributed by atoms with Gasteiger partial charge in [0.15, 0.2) is 5.03 Å². The maximum absolute atomic E-state index is 12.1. The van der Waals surface area contributed by atoms with Crippen molar-refractivity contribution in [2.75, 3.05) is 0 Å². The summed E-state index contributed by atoms with van der Waals surface area (Å²) in [7, 11) is -3.69. The van der Waals surface area contributed by atoms with Crippen LogP contribution in [0.25, 0.3) is 0 Å². The number of nitriles is 1. The lowest BCUT2D eigenvalue weighted by atomic mass is 9.94. The minimum atomic E-state index is -3.69. The second-order valence-corrected chi connectivity index (χ2v) is 6.28. The third-order valence-corrected chi connectivity index (χ3v) is 4.73. The first-order valence-electron chi connectivity index (χ1n) is 6.02. The van der Waals surface area contributed by atoms with Gasteiger partial charge in [0, 0.05) is 0 Å². The smallest absolute Gasteiger partial charge is 0.258 e. The molecule has 1 aliphatic carbocycles. The monoisotopic (exact) mass is 268 g/mol. The molecule has 1 aromatic heterocycles. The molecule has 0 atom stereocenters. The van der Waals surface area contributed by atoms with Crippen LogP contribution >= 0.6 is 0 Å². The topological polar surface area (TPSA) is 98.6 Å². The van der Waals surface area contributed by atoms with Gasteiger partial charge in [-0.15, -0.1) is 0 Å². The Morgan fingerprint density at radius 3 is 2.50 bits per heavy atom. The van der Waals surface area contributed by atoms with Crippen LogP contribution in [0, 0.1) is 11.3 Å². The summed E-state index contributed by atoms with van der Waals surface area (Å²) >= 11 is 0. The molecule has 1 heterocycles. The summed E-state index contributed by atoms with van der Waals surface area (Å²) in [6.45, 7) is 0. The van der Waals surface area contributed by atoms with E-state index in [9.17, 15) is 13.7 Å². The zero-order valence-corrected chi connectivity index (χ0v) is 10.8. The van der Waals surface area contributed by atoms with Crippen LogP contribution in [0.2, 0.25) is 0 Å². The number of sulfonamides is 1. The minimum absolute atomic E-state index is 0.00127. The van der Waals surface area contributed by atoms with E-state index in [0.717, 1.165) is 25.7 Å². The third-order valence-electron chi connectivity index (χ3n) is 3.26. The van der Waals surface area contributed by atoms with Crippen LogP contribution in [-0.4, -0.2) is 23.9 Å². The molecule has 0 amide bonds. The summed E-state index contributed by atoms with van der Waals surface area (Å²) in [5.74, 6) is 0. The molecule has 1 fully saturated rings. The molecule has 18 heavy (non-hydrogen) atoms. The summed E-state index contributed by atoms with van der Waals surface area (Å²) < 4.78 is 26.7. The third kappa shape index (κ3) is 2.71. The Bertz CT molecular complexity index is 522. The van der Waals surface area contributed by atoms with Crippen LogP contribution in [-0.2, 0) is 10.0 Å². The van der Waals surface area contributed by atoms with E-state index in [1.54, 1.807) is 0 Å². The fourth-order valence-corrected chi connectivity index (χ4v) is 3.55. The first-order valence-corrected chi connectivity index (χ1v) is 7.50. The molecule has 1 aromatic rings. The molecule has 98 valence electrons. The number of aromatic amines is 1. The SMILES string of the molecule is N#CC1(NS(=O)(=O)c2cnc[nH]2)CCCCCC1. The largest absolute Gasteiger partial charge is 0.335 e. The molecule has 2 rings (SSSR count). The van der Waals surface area contributed by atoms with Gasteiger partial charge in [-0.05, 0) is 12.8 Å². The van der Waals surface area contributed by atoms with Crippen molar-refractivity contribution in [2.45, 2.75) is 49.1 Å². The van der Waals surface area contributed by atoms with Gasteiger partial charge in [0.25, 0.3) is 10.0 Å². The Balaban J connectivity index is 2.23. The average Bonchev–Trinajstić information content (AvgIpc) is 2.79. The van der Waals surface area contributed by atoms with Crippen LogP contribution in [0.1, 0.15) is 38.5 Å². The highest BCUT2D eigenvalue weighted by atomic mass is 32.2. The summed E-state index contributed by atoms with van der Waals surface area (Å²) in [4.78, 5) is 6.24. The number of H-pyrrole nitrogens is 1. The van der Waals surface area contributed by atoms with Crippen molar-refractivity contribution in [3.05, 3.63) is 12.5 Å². The quantitative estimate of drug-likeness (QED) is 0.807. The van der Waals surface area contributed by atoms with Gasteiger partial charge in [-0.25, -0.2) is 13.4 Å². The fraction of sp³-hybridized carbons (Fsp3) is 0.636. The molecule has 0 aliphatic heterocycles. The number of nitrogens with zero attached hydrogens (tertiary/aromatic N) is 2. The van der Waals surface area contributed by atoms with E-state index < -0.39 is 15.6 Å². The summed E-state index contributed by atoms with van der Waals surface area (Å²) in [5, 5.41) is 9.33. The molecule has 0 bridgehead atoms. The first-order chi connectivity index (χ1) is 8.58. The predicted octanol–water partition coefficient (Wildman–Crippen LogP) is 1.30. The Morgan fingerprint density at radius 2 is 2.00 bits per heavy atom. The molecule has 2 N–H and O–H groups in total. The summed E-state index contributed by atoms with van der Waals surface area (Å²) in [6, 6.07) is 2.15. The Hall–Kier alpha value is -1.39. The van der Waals surface area contributed by atoms with Gasteiger partial charge in [0.2, 0.25) is 0 Å². The number of imidazole rings is 1. The second-order valence-electron chi connectivity index (χ2n) is 4.63. The van der Waals surface area contributed by atoms with Crippen molar-refractivity contribution in [1.29, 1.82) is 5.26 Å². The lowest BCUT2D eigenvalue weighted by molar-refractivity contribution is 0.421. The van der Waals surface area contributed by atoms with Crippen molar-refractivity contribution in [1.82, 2.24) is 14.7 Å².